The molecule has 5 heteroatoms. The third-order valence-corrected chi connectivity index (χ3v) is 4.19. The maximum absolute atomic E-state index is 12.2. The predicted octanol–water partition coefficient (Wildman–Crippen LogP) is 4.07. The zero-order chi connectivity index (χ0) is 15.5. The number of aryl methyl sites for hydroxylation is 2. The molecule has 4 nitrogen and oxygen atoms in total. The first-order valence-corrected chi connectivity index (χ1v) is 7.71. The second kappa shape index (κ2) is 6.07. The van der Waals surface area contributed by atoms with Crippen molar-refractivity contribution in [2.75, 3.05) is 5.32 Å². The van der Waals surface area contributed by atoms with E-state index in [1.165, 1.54) is 0 Å². The first-order chi connectivity index (χ1) is 10.6. The molecule has 1 N–H and O–H groups in total. The van der Waals surface area contributed by atoms with Crippen LogP contribution in [0.3, 0.4) is 0 Å². The number of hydrogen-bond donors (Lipinski definition) is 1. The molecule has 1 amide bonds. The summed E-state index contributed by atoms with van der Waals surface area (Å²) < 4.78 is 0. The maximum atomic E-state index is 12.2. The molecule has 0 fully saturated rings. The van der Waals surface area contributed by atoms with Gasteiger partial charge in [0.1, 0.15) is 0 Å². The van der Waals surface area contributed by atoms with Crippen molar-refractivity contribution in [1.29, 1.82) is 0 Å². The lowest BCUT2D eigenvalue weighted by Gasteiger charge is -2.05. The van der Waals surface area contributed by atoms with Crippen LogP contribution >= 0.6 is 11.3 Å². The number of rotatable bonds is 3. The minimum absolute atomic E-state index is 0.127. The number of nitrogens with zero attached hydrogens (tertiary/aromatic N) is 2. The van der Waals surface area contributed by atoms with Crippen molar-refractivity contribution >= 4 is 22.9 Å². The van der Waals surface area contributed by atoms with Crippen molar-refractivity contribution in [2.45, 2.75) is 13.8 Å². The van der Waals surface area contributed by atoms with Crippen molar-refractivity contribution < 1.29 is 4.79 Å². The third-order valence-electron chi connectivity index (χ3n) is 3.23. The van der Waals surface area contributed by atoms with Crippen molar-refractivity contribution in [3.8, 4) is 11.4 Å². The van der Waals surface area contributed by atoms with Gasteiger partial charge in [-0.1, -0.05) is 30.3 Å². The number of thiophene rings is 1. The van der Waals surface area contributed by atoms with Crippen LogP contribution in [0.5, 0.6) is 0 Å². The highest BCUT2D eigenvalue weighted by Gasteiger charge is 2.12. The number of hydrogen-bond acceptors (Lipinski definition) is 4. The van der Waals surface area contributed by atoms with Gasteiger partial charge in [0.15, 0.2) is 5.82 Å². The van der Waals surface area contributed by atoms with Crippen LogP contribution in [-0.2, 0) is 0 Å². The summed E-state index contributed by atoms with van der Waals surface area (Å²) in [6.45, 7) is 3.94. The fourth-order valence-electron chi connectivity index (χ4n) is 2.18. The zero-order valence-corrected chi connectivity index (χ0v) is 13.1. The Morgan fingerprint density at radius 1 is 1.09 bits per heavy atom. The van der Waals surface area contributed by atoms with Gasteiger partial charge in [-0.05, 0) is 19.9 Å². The summed E-state index contributed by atoms with van der Waals surface area (Å²) in [6.07, 6.45) is 3.25. The van der Waals surface area contributed by atoms with E-state index in [0.717, 1.165) is 15.3 Å². The van der Waals surface area contributed by atoms with Crippen LogP contribution in [0.2, 0.25) is 0 Å². The molecular weight excluding hydrogens is 294 g/mol. The number of carbonyl (C=O) groups excluding carboxylic acids is 1. The summed E-state index contributed by atoms with van der Waals surface area (Å²) in [6, 6.07) is 11.6. The fraction of sp³-hybridized carbons (Fsp3) is 0.118. The Morgan fingerprint density at radius 3 is 2.36 bits per heavy atom. The Hall–Kier alpha value is -2.53. The highest BCUT2D eigenvalue weighted by molar-refractivity contribution is 7.12. The van der Waals surface area contributed by atoms with E-state index in [9.17, 15) is 4.79 Å². The van der Waals surface area contributed by atoms with E-state index < -0.39 is 0 Å². The molecule has 0 aliphatic carbocycles. The largest absolute Gasteiger partial charge is 0.319 e. The van der Waals surface area contributed by atoms with Crippen molar-refractivity contribution in [3.63, 3.8) is 0 Å². The molecule has 22 heavy (non-hydrogen) atoms. The minimum Gasteiger partial charge on any atom is -0.319 e. The Bertz CT molecular complexity index is 795. The van der Waals surface area contributed by atoms with E-state index in [-0.39, 0.29) is 5.91 Å². The predicted molar refractivity (Wildman–Crippen MR) is 89.2 cm³/mol. The molecule has 110 valence electrons. The van der Waals surface area contributed by atoms with Crippen LogP contribution < -0.4 is 5.32 Å². The third kappa shape index (κ3) is 3.04. The molecule has 1 aromatic carbocycles. The molecule has 0 atom stereocenters. The average Bonchev–Trinajstić information content (AvgIpc) is 2.88. The van der Waals surface area contributed by atoms with Gasteiger partial charge in [0.05, 0.1) is 23.6 Å². The summed E-state index contributed by atoms with van der Waals surface area (Å²) in [4.78, 5) is 23.0. The Balaban J connectivity index is 1.76. The minimum atomic E-state index is -0.127. The monoisotopic (exact) mass is 309 g/mol. The van der Waals surface area contributed by atoms with Gasteiger partial charge in [0, 0.05) is 15.3 Å². The number of amides is 1. The fourth-order valence-corrected chi connectivity index (χ4v) is 3.10. The van der Waals surface area contributed by atoms with E-state index in [0.29, 0.717) is 17.1 Å². The molecule has 0 spiro atoms. The number of carbonyl (C=O) groups is 1. The molecule has 0 saturated carbocycles. The van der Waals surface area contributed by atoms with Gasteiger partial charge in [0.25, 0.3) is 5.91 Å². The summed E-state index contributed by atoms with van der Waals surface area (Å²) in [5, 5.41) is 2.83. The van der Waals surface area contributed by atoms with Crippen molar-refractivity contribution in [3.05, 3.63) is 64.1 Å². The Morgan fingerprint density at radius 2 is 1.77 bits per heavy atom. The molecule has 2 heterocycles. The SMILES string of the molecule is Cc1cc(C(=O)Nc2cnc(-c3ccccc3)nc2)c(C)s1. The standard InChI is InChI=1S/C17H15N3OS/c1-11-8-15(12(2)22-11)17(21)20-14-9-18-16(19-10-14)13-6-4-3-5-7-13/h3-10H,1-2H3,(H,20,21). The van der Waals surface area contributed by atoms with Gasteiger partial charge in [-0.15, -0.1) is 11.3 Å². The molecule has 0 aliphatic heterocycles. The summed E-state index contributed by atoms with van der Waals surface area (Å²) in [5.41, 5.74) is 2.24. The summed E-state index contributed by atoms with van der Waals surface area (Å²) >= 11 is 1.62. The lowest BCUT2D eigenvalue weighted by Crippen LogP contribution is -2.12. The van der Waals surface area contributed by atoms with E-state index >= 15 is 0 Å². The van der Waals surface area contributed by atoms with E-state index in [2.05, 4.69) is 15.3 Å². The number of nitrogens with one attached hydrogen (secondary N) is 1. The van der Waals surface area contributed by atoms with Gasteiger partial charge in [-0.25, -0.2) is 9.97 Å². The smallest absolute Gasteiger partial charge is 0.256 e. The van der Waals surface area contributed by atoms with Gasteiger partial charge >= 0.3 is 0 Å². The first-order valence-electron chi connectivity index (χ1n) is 6.89. The van der Waals surface area contributed by atoms with Crippen LogP contribution in [0.1, 0.15) is 20.1 Å². The highest BCUT2D eigenvalue weighted by atomic mass is 32.1. The second-order valence-corrected chi connectivity index (χ2v) is 6.40. The quantitative estimate of drug-likeness (QED) is 0.793. The van der Waals surface area contributed by atoms with E-state index in [1.807, 2.05) is 50.2 Å². The van der Waals surface area contributed by atoms with E-state index in [4.69, 9.17) is 0 Å². The molecule has 0 bridgehead atoms. The maximum Gasteiger partial charge on any atom is 0.256 e. The Kier molecular flexibility index (Phi) is 3.98. The normalized spacial score (nSPS) is 10.5. The molecule has 0 aliphatic rings. The van der Waals surface area contributed by atoms with Crippen molar-refractivity contribution in [1.82, 2.24) is 9.97 Å². The van der Waals surface area contributed by atoms with Gasteiger partial charge in [0.2, 0.25) is 0 Å². The number of aromatic nitrogens is 2. The highest BCUT2D eigenvalue weighted by Crippen LogP contribution is 2.22. The molecule has 2 aromatic heterocycles. The topological polar surface area (TPSA) is 54.9 Å². The van der Waals surface area contributed by atoms with Gasteiger partial charge in [-0.2, -0.15) is 0 Å². The van der Waals surface area contributed by atoms with Crippen LogP contribution in [0, 0.1) is 13.8 Å². The summed E-state index contributed by atoms with van der Waals surface area (Å²) in [5.74, 6) is 0.513. The zero-order valence-electron chi connectivity index (χ0n) is 12.3. The van der Waals surface area contributed by atoms with Gasteiger partial charge < -0.3 is 5.32 Å². The van der Waals surface area contributed by atoms with Crippen LogP contribution in [0.15, 0.2) is 48.8 Å². The van der Waals surface area contributed by atoms with Crippen molar-refractivity contribution in [2.24, 2.45) is 0 Å². The van der Waals surface area contributed by atoms with Crippen LogP contribution in [0.4, 0.5) is 5.69 Å². The molecule has 3 aromatic rings. The van der Waals surface area contributed by atoms with Crippen LogP contribution in [0.25, 0.3) is 11.4 Å². The molecule has 3 rings (SSSR count). The lowest BCUT2D eigenvalue weighted by molar-refractivity contribution is 0.102. The first kappa shape index (κ1) is 14.4. The molecular formula is C17H15N3OS. The average molecular weight is 309 g/mol. The Labute approximate surface area is 132 Å². The summed E-state index contributed by atoms with van der Waals surface area (Å²) in [7, 11) is 0. The lowest BCUT2D eigenvalue weighted by atomic mass is 10.2. The van der Waals surface area contributed by atoms with Gasteiger partial charge in [-0.3, -0.25) is 4.79 Å². The molecule has 0 unspecified atom stereocenters. The molecule has 0 saturated heterocycles. The van der Waals surface area contributed by atoms with E-state index in [1.54, 1.807) is 23.7 Å². The number of benzene rings is 1. The number of anilines is 1. The molecule has 0 radical (unpaired) electrons. The second-order valence-electron chi connectivity index (χ2n) is 4.94. The van der Waals surface area contributed by atoms with Crippen LogP contribution in [-0.4, -0.2) is 15.9 Å².